The van der Waals surface area contributed by atoms with E-state index in [2.05, 4.69) is 10.6 Å². The van der Waals surface area contributed by atoms with Crippen LogP contribution in [0.25, 0.3) is 0 Å². The predicted octanol–water partition coefficient (Wildman–Crippen LogP) is 4.54. The first-order chi connectivity index (χ1) is 12.0. The van der Waals surface area contributed by atoms with E-state index in [0.717, 1.165) is 5.56 Å². The van der Waals surface area contributed by atoms with Crippen molar-refractivity contribution in [1.29, 1.82) is 0 Å². The van der Waals surface area contributed by atoms with Gasteiger partial charge in [-0.15, -0.1) is 0 Å². The van der Waals surface area contributed by atoms with Gasteiger partial charge in [0.15, 0.2) is 0 Å². The van der Waals surface area contributed by atoms with E-state index in [4.69, 9.17) is 34.8 Å². The molecule has 0 spiro atoms. The fraction of sp³-hybridized carbons (Fsp3) is 0.222. The van der Waals surface area contributed by atoms with E-state index in [1.807, 2.05) is 18.2 Å². The Morgan fingerprint density at radius 3 is 2.36 bits per heavy atom. The molecule has 0 aliphatic heterocycles. The van der Waals surface area contributed by atoms with Gasteiger partial charge in [0.2, 0.25) is 11.8 Å². The third-order valence-electron chi connectivity index (χ3n) is 4.08. The van der Waals surface area contributed by atoms with E-state index < -0.39 is 0 Å². The molecule has 25 heavy (non-hydrogen) atoms. The van der Waals surface area contributed by atoms with Crippen LogP contribution in [0.1, 0.15) is 12.0 Å². The van der Waals surface area contributed by atoms with Gasteiger partial charge in [0.25, 0.3) is 0 Å². The van der Waals surface area contributed by atoms with E-state index in [0.29, 0.717) is 28.7 Å². The average molecular weight is 398 g/mol. The predicted molar refractivity (Wildman–Crippen MR) is 100.0 cm³/mol. The number of nitrogens with one attached hydrogen (secondary N) is 2. The fourth-order valence-corrected chi connectivity index (χ4v) is 3.11. The standard InChI is InChI=1S/C18H15Cl3N2O2/c19-13-5-2-1-4-10(13)9-22-17(24)11-8-12(11)18(25)23-15-7-3-6-14(20)16(15)21/h1-7,11-12H,8-9H2,(H,22,24)(H,23,25). The highest BCUT2D eigenvalue weighted by Gasteiger charge is 2.48. The Morgan fingerprint density at radius 1 is 0.920 bits per heavy atom. The molecule has 3 rings (SSSR count). The van der Waals surface area contributed by atoms with Gasteiger partial charge < -0.3 is 10.6 Å². The van der Waals surface area contributed by atoms with E-state index in [1.165, 1.54) is 0 Å². The second-order valence-corrected chi connectivity index (χ2v) is 7.04. The summed E-state index contributed by atoms with van der Waals surface area (Å²) in [5.74, 6) is -1.08. The van der Waals surface area contributed by atoms with Crippen molar-refractivity contribution in [3.05, 3.63) is 63.1 Å². The van der Waals surface area contributed by atoms with Crippen molar-refractivity contribution in [3.63, 3.8) is 0 Å². The molecule has 0 radical (unpaired) electrons. The molecular formula is C18H15Cl3N2O2. The second kappa shape index (κ2) is 7.65. The summed E-state index contributed by atoms with van der Waals surface area (Å²) in [5.41, 5.74) is 1.28. The van der Waals surface area contributed by atoms with E-state index in [-0.39, 0.29) is 28.7 Å². The minimum atomic E-state index is -0.360. The zero-order valence-electron chi connectivity index (χ0n) is 13.1. The lowest BCUT2D eigenvalue weighted by atomic mass is 10.2. The molecule has 130 valence electrons. The number of carbonyl (C=O) groups is 2. The maximum absolute atomic E-state index is 12.3. The number of halogens is 3. The van der Waals surface area contributed by atoms with E-state index in [9.17, 15) is 9.59 Å². The van der Waals surface area contributed by atoms with Gasteiger partial charge in [0.1, 0.15) is 0 Å². The van der Waals surface area contributed by atoms with Crippen LogP contribution in [0.5, 0.6) is 0 Å². The highest BCUT2D eigenvalue weighted by molar-refractivity contribution is 6.44. The van der Waals surface area contributed by atoms with Crippen LogP contribution >= 0.6 is 34.8 Å². The van der Waals surface area contributed by atoms with Gasteiger partial charge in [-0.2, -0.15) is 0 Å². The Morgan fingerprint density at radius 2 is 1.60 bits per heavy atom. The third kappa shape index (κ3) is 4.27. The molecule has 1 aliphatic carbocycles. The van der Waals surface area contributed by atoms with E-state index >= 15 is 0 Å². The highest BCUT2D eigenvalue weighted by Crippen LogP contribution is 2.40. The van der Waals surface area contributed by atoms with Gasteiger partial charge >= 0.3 is 0 Å². The van der Waals surface area contributed by atoms with Gasteiger partial charge in [0.05, 0.1) is 27.6 Å². The lowest BCUT2D eigenvalue weighted by Crippen LogP contribution is -2.27. The Bertz CT molecular complexity index is 826. The summed E-state index contributed by atoms with van der Waals surface area (Å²) in [6.45, 7) is 0.337. The smallest absolute Gasteiger partial charge is 0.228 e. The zero-order valence-corrected chi connectivity index (χ0v) is 15.3. The molecule has 7 heteroatoms. The molecule has 2 unspecified atom stereocenters. The van der Waals surface area contributed by atoms with Crippen molar-refractivity contribution < 1.29 is 9.59 Å². The molecule has 1 saturated carbocycles. The molecule has 0 bridgehead atoms. The van der Waals surface area contributed by atoms with Crippen LogP contribution in [0.3, 0.4) is 0 Å². The normalized spacial score (nSPS) is 18.5. The molecule has 2 aromatic carbocycles. The molecule has 0 heterocycles. The summed E-state index contributed by atoms with van der Waals surface area (Å²) in [6, 6.07) is 12.3. The van der Waals surface area contributed by atoms with Crippen molar-refractivity contribution in [2.75, 3.05) is 5.32 Å². The van der Waals surface area contributed by atoms with Gasteiger partial charge in [-0.1, -0.05) is 59.1 Å². The van der Waals surface area contributed by atoms with Crippen molar-refractivity contribution in [3.8, 4) is 0 Å². The second-order valence-electron chi connectivity index (χ2n) is 5.85. The number of hydrogen-bond acceptors (Lipinski definition) is 2. The molecule has 2 N–H and O–H groups in total. The number of carbonyl (C=O) groups excluding carboxylic acids is 2. The Balaban J connectivity index is 1.53. The van der Waals surface area contributed by atoms with Gasteiger partial charge in [-0.3, -0.25) is 9.59 Å². The van der Waals surface area contributed by atoms with Crippen molar-refractivity contribution >= 4 is 52.3 Å². The first-order valence-corrected chi connectivity index (χ1v) is 8.86. The third-order valence-corrected chi connectivity index (χ3v) is 5.27. The molecule has 2 atom stereocenters. The van der Waals surface area contributed by atoms with Gasteiger partial charge in [0, 0.05) is 11.6 Å². The van der Waals surface area contributed by atoms with Crippen LogP contribution in [0.2, 0.25) is 15.1 Å². The monoisotopic (exact) mass is 396 g/mol. The maximum atomic E-state index is 12.3. The minimum Gasteiger partial charge on any atom is -0.352 e. The first-order valence-electron chi connectivity index (χ1n) is 7.73. The van der Waals surface area contributed by atoms with Crippen molar-refractivity contribution in [1.82, 2.24) is 5.32 Å². The topological polar surface area (TPSA) is 58.2 Å². The summed E-state index contributed by atoms with van der Waals surface area (Å²) >= 11 is 18.0. The van der Waals surface area contributed by atoms with Gasteiger partial charge in [-0.05, 0) is 30.2 Å². The summed E-state index contributed by atoms with van der Waals surface area (Å²) in [5, 5.41) is 6.80. The molecule has 2 aromatic rings. The minimum absolute atomic E-state index is 0.155. The van der Waals surface area contributed by atoms with Gasteiger partial charge in [-0.25, -0.2) is 0 Å². The van der Waals surface area contributed by atoms with Crippen LogP contribution in [0.15, 0.2) is 42.5 Å². The quantitative estimate of drug-likeness (QED) is 0.778. The zero-order chi connectivity index (χ0) is 18.0. The first kappa shape index (κ1) is 18.1. The number of amides is 2. The summed E-state index contributed by atoms with van der Waals surface area (Å²) in [4.78, 5) is 24.5. The van der Waals surface area contributed by atoms with Crippen LogP contribution < -0.4 is 10.6 Å². The summed E-state index contributed by atoms with van der Waals surface area (Å²) < 4.78 is 0. The molecule has 1 fully saturated rings. The molecule has 1 aliphatic rings. The van der Waals surface area contributed by atoms with Crippen LogP contribution in [0, 0.1) is 11.8 Å². The Hall–Kier alpha value is -1.75. The number of rotatable bonds is 5. The number of benzene rings is 2. The van der Waals surface area contributed by atoms with Crippen LogP contribution in [0.4, 0.5) is 5.69 Å². The molecule has 0 saturated heterocycles. The largest absolute Gasteiger partial charge is 0.352 e. The van der Waals surface area contributed by atoms with Crippen LogP contribution in [-0.2, 0) is 16.1 Å². The Labute approximate surface area is 160 Å². The average Bonchev–Trinajstić information content (AvgIpc) is 3.39. The molecular weight excluding hydrogens is 383 g/mol. The fourth-order valence-electron chi connectivity index (χ4n) is 2.56. The Kier molecular flexibility index (Phi) is 5.52. The number of hydrogen-bond donors (Lipinski definition) is 2. The van der Waals surface area contributed by atoms with Crippen molar-refractivity contribution in [2.24, 2.45) is 11.8 Å². The molecule has 2 amide bonds. The lowest BCUT2D eigenvalue weighted by molar-refractivity contribution is -0.125. The lowest BCUT2D eigenvalue weighted by Gasteiger charge is -2.09. The summed E-state index contributed by atoms with van der Waals surface area (Å²) in [7, 11) is 0. The number of anilines is 1. The van der Waals surface area contributed by atoms with E-state index in [1.54, 1.807) is 24.3 Å². The van der Waals surface area contributed by atoms with Crippen molar-refractivity contribution in [2.45, 2.75) is 13.0 Å². The SMILES string of the molecule is O=C(NCc1ccccc1Cl)C1CC1C(=O)Nc1cccc(Cl)c1Cl. The molecule has 4 nitrogen and oxygen atoms in total. The summed E-state index contributed by atoms with van der Waals surface area (Å²) in [6.07, 6.45) is 0.512. The van der Waals surface area contributed by atoms with Crippen LogP contribution in [-0.4, -0.2) is 11.8 Å². The maximum Gasteiger partial charge on any atom is 0.228 e. The highest BCUT2D eigenvalue weighted by atomic mass is 35.5. The molecule has 0 aromatic heterocycles.